The van der Waals surface area contributed by atoms with E-state index >= 15 is 0 Å². The number of carbonyl (C=O) groups is 2. The SMILES string of the molecule is CC1=CC[C@H](C(C)C)[C@H]2C[C@@H](OC(=O)C(C)(C)C)[C@]3(O)C=CC(=O)[C@H](C[C@@H]12)O3. The van der Waals surface area contributed by atoms with Crippen molar-refractivity contribution in [2.24, 2.45) is 29.1 Å². The number of allylic oxidation sites excluding steroid dienone is 2. The van der Waals surface area contributed by atoms with E-state index in [1.165, 1.54) is 17.7 Å². The molecule has 5 heteroatoms. The van der Waals surface area contributed by atoms with Crippen molar-refractivity contribution < 1.29 is 24.2 Å². The third-order valence-electron chi connectivity index (χ3n) is 6.63. The summed E-state index contributed by atoms with van der Waals surface area (Å²) in [5, 5.41) is 11.2. The molecular formula is C23H34O5. The molecular weight excluding hydrogens is 356 g/mol. The van der Waals surface area contributed by atoms with Crippen LogP contribution in [0, 0.1) is 29.1 Å². The number of rotatable bonds is 2. The van der Waals surface area contributed by atoms with Gasteiger partial charge in [-0.15, -0.1) is 0 Å². The third kappa shape index (κ3) is 3.97. The second-order valence-corrected chi connectivity index (χ2v) is 10.1. The quantitative estimate of drug-likeness (QED) is 0.573. The predicted molar refractivity (Wildman–Crippen MR) is 106 cm³/mol. The van der Waals surface area contributed by atoms with Gasteiger partial charge in [-0.25, -0.2) is 0 Å². The van der Waals surface area contributed by atoms with Gasteiger partial charge in [-0.3, -0.25) is 9.59 Å². The summed E-state index contributed by atoms with van der Waals surface area (Å²) >= 11 is 0. The molecule has 0 aromatic rings. The lowest BCUT2D eigenvalue weighted by Crippen LogP contribution is -2.56. The van der Waals surface area contributed by atoms with Gasteiger partial charge in [0.1, 0.15) is 6.10 Å². The molecule has 0 unspecified atom stereocenters. The fraction of sp³-hybridized carbons (Fsp3) is 0.739. The molecule has 3 aliphatic rings. The van der Waals surface area contributed by atoms with E-state index in [0.717, 1.165) is 6.42 Å². The van der Waals surface area contributed by atoms with E-state index in [2.05, 4.69) is 26.8 Å². The molecule has 1 aliphatic carbocycles. The average Bonchev–Trinajstić information content (AvgIpc) is 2.58. The summed E-state index contributed by atoms with van der Waals surface area (Å²) in [4.78, 5) is 25.1. The van der Waals surface area contributed by atoms with Crippen LogP contribution in [0.25, 0.3) is 0 Å². The standard InChI is InChI=1S/C23H34O5/c1-13(2)15-8-7-14(3)16-11-19-18(24)9-10-23(26,28-19)20(12-17(15)16)27-21(25)22(4,5)6/h7,9-10,13,15-17,19-20,26H,8,11-12H2,1-6H3/t15-,16+,17-,19+,20-,23+/m1/s1. The van der Waals surface area contributed by atoms with Crippen molar-refractivity contribution in [3.8, 4) is 0 Å². The van der Waals surface area contributed by atoms with Crippen LogP contribution in [-0.2, 0) is 19.1 Å². The summed E-state index contributed by atoms with van der Waals surface area (Å²) < 4.78 is 11.7. The van der Waals surface area contributed by atoms with Crippen molar-refractivity contribution in [1.82, 2.24) is 0 Å². The summed E-state index contributed by atoms with van der Waals surface area (Å²) in [6.45, 7) is 11.9. The molecule has 6 atom stereocenters. The van der Waals surface area contributed by atoms with Gasteiger partial charge in [0.15, 0.2) is 11.9 Å². The normalized spacial score (nSPS) is 38.4. The maximum absolute atomic E-state index is 12.6. The third-order valence-corrected chi connectivity index (χ3v) is 6.63. The molecule has 0 aromatic heterocycles. The van der Waals surface area contributed by atoms with E-state index in [1.807, 2.05) is 0 Å². The van der Waals surface area contributed by atoms with Crippen LogP contribution in [-0.4, -0.2) is 34.9 Å². The number of esters is 1. The van der Waals surface area contributed by atoms with Crippen LogP contribution in [0.5, 0.6) is 0 Å². The van der Waals surface area contributed by atoms with Crippen molar-refractivity contribution in [1.29, 1.82) is 0 Å². The number of fused-ring (bicyclic) bond motifs is 3. The smallest absolute Gasteiger partial charge is 0.311 e. The first-order valence-corrected chi connectivity index (χ1v) is 10.4. The molecule has 28 heavy (non-hydrogen) atoms. The lowest BCUT2D eigenvalue weighted by Gasteiger charge is -2.48. The monoisotopic (exact) mass is 390 g/mol. The topological polar surface area (TPSA) is 72.8 Å². The van der Waals surface area contributed by atoms with Gasteiger partial charge in [-0.2, -0.15) is 0 Å². The van der Waals surface area contributed by atoms with Crippen molar-refractivity contribution in [3.63, 3.8) is 0 Å². The summed E-state index contributed by atoms with van der Waals surface area (Å²) in [6.07, 6.45) is 5.51. The number of hydrogen-bond donors (Lipinski definition) is 1. The van der Waals surface area contributed by atoms with Crippen LogP contribution in [0.15, 0.2) is 23.8 Å². The summed E-state index contributed by atoms with van der Waals surface area (Å²) in [5.41, 5.74) is 0.574. The second kappa shape index (κ2) is 7.42. The molecule has 156 valence electrons. The van der Waals surface area contributed by atoms with E-state index in [9.17, 15) is 14.7 Å². The molecule has 2 bridgehead atoms. The number of aliphatic hydroxyl groups is 1. The highest BCUT2D eigenvalue weighted by atomic mass is 16.7. The first-order chi connectivity index (χ1) is 12.9. The Morgan fingerprint density at radius 2 is 2.00 bits per heavy atom. The number of carbonyl (C=O) groups excluding carboxylic acids is 2. The Labute approximate surface area is 168 Å². The zero-order chi connectivity index (χ0) is 20.9. The molecule has 0 radical (unpaired) electrons. The maximum Gasteiger partial charge on any atom is 0.311 e. The fourth-order valence-electron chi connectivity index (χ4n) is 4.82. The molecule has 0 amide bonds. The minimum absolute atomic E-state index is 0.134. The molecule has 0 aromatic carbocycles. The van der Waals surface area contributed by atoms with E-state index < -0.39 is 23.4 Å². The molecule has 0 spiro atoms. The highest BCUT2D eigenvalue weighted by Gasteiger charge is 2.51. The van der Waals surface area contributed by atoms with Crippen LogP contribution in [0.2, 0.25) is 0 Å². The van der Waals surface area contributed by atoms with Crippen LogP contribution < -0.4 is 0 Å². The first kappa shape index (κ1) is 21.3. The minimum atomic E-state index is -1.76. The van der Waals surface area contributed by atoms with Crippen molar-refractivity contribution in [2.75, 3.05) is 0 Å². The van der Waals surface area contributed by atoms with Crippen LogP contribution >= 0.6 is 0 Å². The zero-order valence-electron chi connectivity index (χ0n) is 17.9. The Hall–Kier alpha value is -1.46. The van der Waals surface area contributed by atoms with Gasteiger partial charge in [0.2, 0.25) is 5.79 Å². The fourth-order valence-corrected chi connectivity index (χ4v) is 4.82. The van der Waals surface area contributed by atoms with E-state index in [1.54, 1.807) is 20.8 Å². The summed E-state index contributed by atoms with van der Waals surface area (Å²) in [6, 6.07) is 0. The number of ketones is 1. The van der Waals surface area contributed by atoms with Crippen molar-refractivity contribution in [2.45, 2.75) is 78.8 Å². The summed E-state index contributed by atoms with van der Waals surface area (Å²) in [7, 11) is 0. The highest BCUT2D eigenvalue weighted by Crippen LogP contribution is 2.48. The Balaban J connectivity index is 2.02. The van der Waals surface area contributed by atoms with Crippen LogP contribution in [0.1, 0.15) is 60.8 Å². The Morgan fingerprint density at radius 1 is 1.32 bits per heavy atom. The molecule has 1 N–H and O–H groups in total. The molecule has 2 aliphatic heterocycles. The Bertz CT molecular complexity index is 698. The Kier molecular flexibility index (Phi) is 5.63. The van der Waals surface area contributed by atoms with E-state index in [4.69, 9.17) is 9.47 Å². The largest absolute Gasteiger partial charge is 0.456 e. The summed E-state index contributed by atoms with van der Waals surface area (Å²) in [5.74, 6) is -1.01. The van der Waals surface area contributed by atoms with Gasteiger partial charge in [0.05, 0.1) is 5.41 Å². The number of hydrogen-bond acceptors (Lipinski definition) is 5. The van der Waals surface area contributed by atoms with Gasteiger partial charge in [0.25, 0.3) is 0 Å². The average molecular weight is 391 g/mol. The van der Waals surface area contributed by atoms with Crippen molar-refractivity contribution >= 4 is 11.8 Å². The number of ether oxygens (including phenoxy) is 2. The lowest BCUT2D eigenvalue weighted by atomic mass is 9.63. The van der Waals surface area contributed by atoms with Crippen LogP contribution in [0.4, 0.5) is 0 Å². The van der Waals surface area contributed by atoms with Crippen LogP contribution in [0.3, 0.4) is 0 Å². The molecule has 3 rings (SSSR count). The maximum atomic E-state index is 12.6. The van der Waals surface area contributed by atoms with Gasteiger partial charge in [-0.05, 0) is 82.8 Å². The molecule has 1 fully saturated rings. The molecule has 1 saturated heterocycles. The highest BCUT2D eigenvalue weighted by molar-refractivity contribution is 5.94. The molecule has 5 nitrogen and oxygen atoms in total. The molecule has 2 heterocycles. The first-order valence-electron chi connectivity index (χ1n) is 10.4. The van der Waals surface area contributed by atoms with E-state index in [0.29, 0.717) is 24.7 Å². The van der Waals surface area contributed by atoms with Crippen molar-refractivity contribution in [3.05, 3.63) is 23.8 Å². The minimum Gasteiger partial charge on any atom is -0.456 e. The zero-order valence-corrected chi connectivity index (χ0v) is 17.9. The Morgan fingerprint density at radius 3 is 2.61 bits per heavy atom. The van der Waals surface area contributed by atoms with Gasteiger partial charge in [0, 0.05) is 0 Å². The second-order valence-electron chi connectivity index (χ2n) is 10.1. The van der Waals surface area contributed by atoms with E-state index in [-0.39, 0.29) is 23.6 Å². The predicted octanol–water partition coefficient (Wildman–Crippen LogP) is 3.81. The van der Waals surface area contributed by atoms with Gasteiger partial charge >= 0.3 is 5.97 Å². The molecule has 0 saturated carbocycles. The van der Waals surface area contributed by atoms with Gasteiger partial charge < -0.3 is 14.6 Å². The van der Waals surface area contributed by atoms with Gasteiger partial charge in [-0.1, -0.05) is 25.5 Å². The lowest BCUT2D eigenvalue weighted by molar-refractivity contribution is -0.267.